The van der Waals surface area contributed by atoms with Crippen molar-refractivity contribution < 1.29 is 27.5 Å². The maximum atomic E-state index is 14.0. The van der Waals surface area contributed by atoms with Crippen LogP contribution in [0.2, 0.25) is 15.1 Å². The fourth-order valence-corrected chi connectivity index (χ4v) is 3.77. The van der Waals surface area contributed by atoms with Gasteiger partial charge in [-0.2, -0.15) is 13.2 Å². The van der Waals surface area contributed by atoms with Crippen LogP contribution in [-0.2, 0) is 14.3 Å². The second kappa shape index (κ2) is 9.90. The summed E-state index contributed by atoms with van der Waals surface area (Å²) < 4.78 is 46.8. The summed E-state index contributed by atoms with van der Waals surface area (Å²) in [5, 5.41) is -0.395. The largest absolute Gasteiger partial charge is 0.464 e. The van der Waals surface area contributed by atoms with E-state index >= 15 is 0 Å². The number of rotatable bonds is 6. The summed E-state index contributed by atoms with van der Waals surface area (Å²) in [5.74, 6) is -5.00. The molecule has 2 rings (SSSR count). The monoisotopic (exact) mass is 481 g/mol. The molecule has 0 saturated heterocycles. The lowest BCUT2D eigenvalue weighted by molar-refractivity contribution is -0.176. The second-order valence-electron chi connectivity index (χ2n) is 6.27. The Hall–Kier alpha value is -1.96. The molecular formula is C20H17Cl3F3NO3. The van der Waals surface area contributed by atoms with Crippen LogP contribution in [-0.4, -0.2) is 36.6 Å². The molecule has 10 heteroatoms. The molecule has 0 aliphatic carbocycles. The standard InChI is InChI=1S/C20H17Cl3F3NO3/c1-3-30-19(29)17(11-6-4-7-12(21)10-11)27(2)18(28)16(20(24,25)26)15-13(22)8-5-9-14(15)23/h4-10,16-17H,3H2,1-2H3. The van der Waals surface area contributed by atoms with Crippen molar-refractivity contribution in [3.05, 3.63) is 68.7 Å². The van der Waals surface area contributed by atoms with E-state index in [-0.39, 0.29) is 27.2 Å². The van der Waals surface area contributed by atoms with E-state index in [4.69, 9.17) is 39.5 Å². The number of alkyl halides is 3. The first kappa shape index (κ1) is 24.3. The highest BCUT2D eigenvalue weighted by atomic mass is 35.5. The Morgan fingerprint density at radius 2 is 1.63 bits per heavy atom. The van der Waals surface area contributed by atoms with Gasteiger partial charge in [0.15, 0.2) is 12.0 Å². The van der Waals surface area contributed by atoms with E-state index in [2.05, 4.69) is 0 Å². The number of ether oxygens (including phenoxy) is 1. The molecule has 1 amide bonds. The van der Waals surface area contributed by atoms with Crippen LogP contribution in [0.1, 0.15) is 30.0 Å². The molecule has 0 bridgehead atoms. The molecule has 2 unspecified atom stereocenters. The van der Waals surface area contributed by atoms with Gasteiger partial charge in [-0.05, 0) is 36.8 Å². The lowest BCUT2D eigenvalue weighted by Gasteiger charge is -2.31. The summed E-state index contributed by atoms with van der Waals surface area (Å²) in [4.78, 5) is 26.3. The zero-order chi connectivity index (χ0) is 22.6. The molecule has 2 atom stereocenters. The van der Waals surface area contributed by atoms with Gasteiger partial charge in [0, 0.05) is 27.7 Å². The Balaban J connectivity index is 2.58. The Kier molecular flexibility index (Phi) is 8.02. The van der Waals surface area contributed by atoms with Gasteiger partial charge in [-0.3, -0.25) is 4.79 Å². The second-order valence-corrected chi connectivity index (χ2v) is 7.52. The molecule has 4 nitrogen and oxygen atoms in total. The Labute approximate surface area is 186 Å². The van der Waals surface area contributed by atoms with Gasteiger partial charge in [0.25, 0.3) is 0 Å². The third-order valence-electron chi connectivity index (χ3n) is 4.27. The van der Waals surface area contributed by atoms with Gasteiger partial charge >= 0.3 is 12.1 Å². The predicted molar refractivity (Wildman–Crippen MR) is 109 cm³/mol. The highest BCUT2D eigenvalue weighted by Gasteiger charge is 2.50. The minimum Gasteiger partial charge on any atom is -0.464 e. The summed E-state index contributed by atoms with van der Waals surface area (Å²) in [6, 6.07) is 8.18. The van der Waals surface area contributed by atoms with Crippen molar-refractivity contribution in [1.82, 2.24) is 4.90 Å². The third kappa shape index (κ3) is 5.39. The predicted octanol–water partition coefficient (Wildman–Crippen LogP) is 6.06. The third-order valence-corrected chi connectivity index (χ3v) is 5.17. The molecule has 2 aromatic carbocycles. The highest BCUT2D eigenvalue weighted by Crippen LogP contribution is 2.43. The fraction of sp³-hybridized carbons (Fsp3) is 0.300. The van der Waals surface area contributed by atoms with Crippen LogP contribution in [0.4, 0.5) is 13.2 Å². The molecule has 0 aliphatic heterocycles. The van der Waals surface area contributed by atoms with E-state index in [0.29, 0.717) is 4.90 Å². The van der Waals surface area contributed by atoms with Gasteiger partial charge in [0.1, 0.15) is 0 Å². The molecule has 0 radical (unpaired) electrons. The van der Waals surface area contributed by atoms with Crippen molar-refractivity contribution in [2.75, 3.05) is 13.7 Å². The van der Waals surface area contributed by atoms with Crippen molar-refractivity contribution in [1.29, 1.82) is 0 Å². The topological polar surface area (TPSA) is 46.6 Å². The molecule has 0 N–H and O–H groups in total. The number of halogens is 6. The SMILES string of the molecule is CCOC(=O)C(c1cccc(Cl)c1)N(C)C(=O)C(c1c(Cl)cccc1Cl)C(F)(F)F. The first-order valence-corrected chi connectivity index (χ1v) is 9.81. The van der Waals surface area contributed by atoms with Gasteiger partial charge in [0.2, 0.25) is 5.91 Å². The molecule has 2 aromatic rings. The van der Waals surface area contributed by atoms with E-state index in [1.54, 1.807) is 0 Å². The lowest BCUT2D eigenvalue weighted by atomic mass is 9.95. The van der Waals surface area contributed by atoms with Crippen LogP contribution >= 0.6 is 34.8 Å². The molecule has 0 fully saturated rings. The summed E-state index contributed by atoms with van der Waals surface area (Å²) in [6.07, 6.45) is -5.02. The van der Waals surface area contributed by atoms with Crippen molar-refractivity contribution in [3.63, 3.8) is 0 Å². The van der Waals surface area contributed by atoms with Gasteiger partial charge in [0.05, 0.1) is 6.61 Å². The number of hydrogen-bond acceptors (Lipinski definition) is 3. The van der Waals surface area contributed by atoms with Crippen molar-refractivity contribution >= 4 is 46.7 Å². The number of carbonyl (C=O) groups excluding carboxylic acids is 2. The first-order chi connectivity index (χ1) is 14.0. The summed E-state index contributed by atoms with van der Waals surface area (Å²) in [5.41, 5.74) is -0.387. The molecule has 30 heavy (non-hydrogen) atoms. The smallest absolute Gasteiger partial charge is 0.404 e. The summed E-state index contributed by atoms with van der Waals surface area (Å²) in [7, 11) is 1.08. The van der Waals surface area contributed by atoms with Gasteiger partial charge in [-0.15, -0.1) is 0 Å². The summed E-state index contributed by atoms with van der Waals surface area (Å²) in [6.45, 7) is 1.51. The van der Waals surface area contributed by atoms with Gasteiger partial charge in [-0.25, -0.2) is 4.79 Å². The van der Waals surface area contributed by atoms with E-state index in [1.165, 1.54) is 49.4 Å². The van der Waals surface area contributed by atoms with E-state index < -0.39 is 35.6 Å². The molecule has 162 valence electrons. The highest BCUT2D eigenvalue weighted by molar-refractivity contribution is 6.36. The van der Waals surface area contributed by atoms with E-state index in [9.17, 15) is 22.8 Å². The van der Waals surface area contributed by atoms with Gasteiger partial charge < -0.3 is 9.64 Å². The molecule has 0 saturated carbocycles. The number of nitrogens with zero attached hydrogens (tertiary/aromatic N) is 1. The number of hydrogen-bond donors (Lipinski definition) is 0. The zero-order valence-corrected chi connectivity index (χ0v) is 18.1. The van der Waals surface area contributed by atoms with Crippen molar-refractivity contribution in [3.8, 4) is 0 Å². The van der Waals surface area contributed by atoms with Crippen LogP contribution in [0.25, 0.3) is 0 Å². The molecule has 0 aliphatic rings. The molecule has 0 heterocycles. The van der Waals surface area contributed by atoms with Crippen molar-refractivity contribution in [2.24, 2.45) is 0 Å². The minimum atomic E-state index is -5.02. The van der Waals surface area contributed by atoms with Crippen LogP contribution < -0.4 is 0 Å². The Bertz CT molecular complexity index is 917. The minimum absolute atomic E-state index is 0.0308. The normalized spacial score (nSPS) is 13.5. The summed E-state index contributed by atoms with van der Waals surface area (Å²) >= 11 is 17.8. The Morgan fingerprint density at radius 3 is 2.13 bits per heavy atom. The average Bonchev–Trinajstić information content (AvgIpc) is 2.63. The maximum absolute atomic E-state index is 14.0. The molecule has 0 spiro atoms. The van der Waals surface area contributed by atoms with Crippen LogP contribution in [0.3, 0.4) is 0 Å². The van der Waals surface area contributed by atoms with Crippen molar-refractivity contribution in [2.45, 2.75) is 25.1 Å². The van der Waals surface area contributed by atoms with Crippen LogP contribution in [0, 0.1) is 0 Å². The zero-order valence-electron chi connectivity index (χ0n) is 15.8. The number of amides is 1. The first-order valence-electron chi connectivity index (χ1n) is 8.68. The molecule has 0 aromatic heterocycles. The van der Waals surface area contributed by atoms with Crippen LogP contribution in [0.15, 0.2) is 42.5 Å². The molecular weight excluding hydrogens is 466 g/mol. The number of likely N-dealkylation sites (N-methyl/N-ethyl adjacent to an activating group) is 1. The van der Waals surface area contributed by atoms with E-state index in [1.807, 2.05) is 0 Å². The lowest BCUT2D eigenvalue weighted by Crippen LogP contribution is -2.43. The number of benzene rings is 2. The number of carbonyl (C=O) groups is 2. The fourth-order valence-electron chi connectivity index (χ4n) is 2.96. The quantitative estimate of drug-likeness (QED) is 0.471. The van der Waals surface area contributed by atoms with Gasteiger partial charge in [-0.1, -0.05) is 53.0 Å². The van der Waals surface area contributed by atoms with Crippen LogP contribution in [0.5, 0.6) is 0 Å². The average molecular weight is 483 g/mol. The number of esters is 1. The maximum Gasteiger partial charge on any atom is 0.404 e. The Morgan fingerprint density at radius 1 is 1.07 bits per heavy atom. The van der Waals surface area contributed by atoms with E-state index in [0.717, 1.165) is 7.05 Å².